The van der Waals surface area contributed by atoms with E-state index in [1.807, 2.05) is 0 Å². The number of pyridine rings is 1. The molecule has 50 heavy (non-hydrogen) atoms. The van der Waals surface area contributed by atoms with Gasteiger partial charge >= 0.3 is 12.1 Å². The van der Waals surface area contributed by atoms with Crippen LogP contribution in [0.1, 0.15) is 44.7 Å². The molecule has 0 aliphatic heterocycles. The monoisotopic (exact) mass is 718 g/mol. The van der Waals surface area contributed by atoms with E-state index < -0.39 is 51.2 Å². The third kappa shape index (κ3) is 7.54. The zero-order valence-corrected chi connectivity index (χ0v) is 28.0. The van der Waals surface area contributed by atoms with Crippen molar-refractivity contribution in [1.29, 1.82) is 0 Å². The molecule has 0 spiro atoms. The molecule has 1 atom stereocenters. The summed E-state index contributed by atoms with van der Waals surface area (Å²) < 4.78 is 100.0. The average Bonchev–Trinajstić information content (AvgIpc) is 3.90. The summed E-state index contributed by atoms with van der Waals surface area (Å²) in [6.07, 6.45) is -3.74. The summed E-state index contributed by atoms with van der Waals surface area (Å²) in [6.45, 7) is 4.66. The van der Waals surface area contributed by atoms with E-state index in [0.29, 0.717) is 12.8 Å². The molecule has 0 radical (unpaired) electrons. The number of ether oxygens (including phenoxy) is 3. The molecule has 3 aromatic carbocycles. The van der Waals surface area contributed by atoms with Gasteiger partial charge in [-0.3, -0.25) is 4.79 Å². The average molecular weight is 719 g/mol. The van der Waals surface area contributed by atoms with Crippen LogP contribution in [0.5, 0.6) is 11.5 Å². The van der Waals surface area contributed by atoms with E-state index in [-0.39, 0.29) is 62.5 Å². The minimum absolute atomic E-state index is 0.00912. The van der Waals surface area contributed by atoms with Gasteiger partial charge in [0.15, 0.2) is 21.3 Å². The Bertz CT molecular complexity index is 2040. The molecule has 1 unspecified atom stereocenters. The van der Waals surface area contributed by atoms with Crippen molar-refractivity contribution < 1.29 is 49.8 Å². The smallest absolute Gasteiger partial charge is 0.490 e. The predicted octanol–water partition coefficient (Wildman–Crippen LogP) is 5.76. The first kappa shape index (κ1) is 36.2. The predicted molar refractivity (Wildman–Crippen MR) is 175 cm³/mol. The second-order valence-corrected chi connectivity index (χ2v) is 13.9. The Morgan fingerprint density at radius 3 is 2.42 bits per heavy atom. The Hall–Kier alpha value is -5.12. The minimum atomic E-state index is -5.59. The summed E-state index contributed by atoms with van der Waals surface area (Å²) in [4.78, 5) is 30.8. The molecule has 1 aliphatic carbocycles. The molecule has 1 amide bonds. The highest BCUT2D eigenvalue weighted by atomic mass is 32.2. The van der Waals surface area contributed by atoms with Crippen molar-refractivity contribution in [2.45, 2.75) is 68.3 Å². The van der Waals surface area contributed by atoms with E-state index in [4.69, 9.17) is 19.9 Å². The van der Waals surface area contributed by atoms with Gasteiger partial charge in [0.05, 0.1) is 28.2 Å². The van der Waals surface area contributed by atoms with Crippen molar-refractivity contribution in [3.05, 3.63) is 83.8 Å². The van der Waals surface area contributed by atoms with Crippen LogP contribution in [-0.2, 0) is 36.4 Å². The van der Waals surface area contributed by atoms with E-state index in [2.05, 4.69) is 15.6 Å². The van der Waals surface area contributed by atoms with Crippen LogP contribution in [0.4, 0.5) is 29.1 Å². The topological polar surface area (TPSA) is 159 Å². The molecule has 5 rings (SSSR count). The van der Waals surface area contributed by atoms with Crippen LogP contribution in [0.3, 0.4) is 0 Å². The van der Waals surface area contributed by atoms with Gasteiger partial charge in [-0.15, -0.1) is 0 Å². The number of nitrogens with two attached hydrogens (primary N) is 1. The van der Waals surface area contributed by atoms with E-state index in [1.54, 1.807) is 20.8 Å². The summed E-state index contributed by atoms with van der Waals surface area (Å²) in [5.41, 5.74) is 2.26. The maximum Gasteiger partial charge on any atom is 0.491 e. The number of aromatic nitrogens is 1. The Kier molecular flexibility index (Phi) is 10.1. The Morgan fingerprint density at radius 1 is 1.04 bits per heavy atom. The maximum absolute atomic E-state index is 15.4. The summed E-state index contributed by atoms with van der Waals surface area (Å²) in [6, 6.07) is 13.0. The molecule has 266 valence electrons. The molecule has 1 aromatic heterocycles. The normalized spacial score (nSPS) is 14.6. The first-order valence-electron chi connectivity index (χ1n) is 15.5. The molecule has 4 N–H and O–H groups in total. The fourth-order valence-electron chi connectivity index (χ4n) is 5.29. The summed E-state index contributed by atoms with van der Waals surface area (Å²) in [5, 5.41) is 4.44. The van der Waals surface area contributed by atoms with Gasteiger partial charge in [0.1, 0.15) is 11.6 Å². The fraction of sp³-hybridized carbons (Fsp3) is 0.324. The molecule has 0 bridgehead atoms. The number of halogens is 4. The molecule has 0 saturated heterocycles. The largest absolute Gasteiger partial charge is 0.491 e. The standard InChI is InChI=1S/C34H34F4N4O7S/c1-4-47-27-16-22(9-12-26(27)48-19(2)3)33(49-32(44)34(36,37)38,42-23-15-20-13-14-40-30(39)29(20)25(35)17-23)31(43)41-18-21-7-5-6-8-28(21)50(45,46)24-10-11-24/h5-9,12-17,19,24,42H,4,10-11,18H2,1-3H3,(H2,39,40)(H,41,43). The lowest BCUT2D eigenvalue weighted by molar-refractivity contribution is -0.213. The van der Waals surface area contributed by atoms with Crippen LogP contribution in [0.25, 0.3) is 10.8 Å². The first-order chi connectivity index (χ1) is 23.6. The van der Waals surface area contributed by atoms with Crippen molar-refractivity contribution in [2.75, 3.05) is 17.7 Å². The SMILES string of the molecule is CCOc1cc(C(Nc2cc(F)c3c(N)nccc3c2)(OC(=O)C(F)(F)F)C(=O)NCc2ccccc2S(=O)(=O)C2CC2)ccc1OC(C)C. The van der Waals surface area contributed by atoms with Gasteiger partial charge in [0.2, 0.25) is 0 Å². The van der Waals surface area contributed by atoms with Gasteiger partial charge in [-0.25, -0.2) is 22.6 Å². The molecular weight excluding hydrogens is 684 g/mol. The van der Waals surface area contributed by atoms with Crippen molar-refractivity contribution in [3.8, 4) is 11.5 Å². The summed E-state index contributed by atoms with van der Waals surface area (Å²) in [5.74, 6) is -5.07. The van der Waals surface area contributed by atoms with Gasteiger partial charge < -0.3 is 30.6 Å². The zero-order chi connectivity index (χ0) is 36.4. The molecular formula is C34H34F4N4O7S. The number of esters is 1. The van der Waals surface area contributed by atoms with Crippen LogP contribution >= 0.6 is 0 Å². The highest BCUT2D eigenvalue weighted by Gasteiger charge is 2.52. The highest BCUT2D eigenvalue weighted by Crippen LogP contribution is 2.39. The molecule has 1 fully saturated rings. The first-order valence-corrected chi connectivity index (χ1v) is 17.1. The lowest BCUT2D eigenvalue weighted by Crippen LogP contribution is -2.54. The number of nitrogens with one attached hydrogen (secondary N) is 2. The van der Waals surface area contributed by atoms with Crippen LogP contribution < -0.4 is 25.8 Å². The molecule has 11 nitrogen and oxygen atoms in total. The number of amides is 1. The highest BCUT2D eigenvalue weighted by molar-refractivity contribution is 7.92. The van der Waals surface area contributed by atoms with Crippen LogP contribution in [0.15, 0.2) is 71.8 Å². The number of benzene rings is 3. The number of carbonyl (C=O) groups is 2. The quantitative estimate of drug-likeness (QED) is 0.0881. The number of hydrogen-bond acceptors (Lipinski definition) is 10. The van der Waals surface area contributed by atoms with Crippen LogP contribution in [0, 0.1) is 5.82 Å². The van der Waals surface area contributed by atoms with Gasteiger partial charge in [-0.2, -0.15) is 13.2 Å². The van der Waals surface area contributed by atoms with Gasteiger partial charge in [-0.1, -0.05) is 18.2 Å². The van der Waals surface area contributed by atoms with E-state index in [1.165, 1.54) is 54.7 Å². The van der Waals surface area contributed by atoms with E-state index in [0.717, 1.165) is 12.1 Å². The van der Waals surface area contributed by atoms with E-state index in [9.17, 15) is 31.2 Å². The zero-order valence-electron chi connectivity index (χ0n) is 27.1. The number of nitrogens with zero attached hydrogens (tertiary/aromatic N) is 1. The fourth-order valence-corrected chi connectivity index (χ4v) is 7.18. The third-order valence-corrected chi connectivity index (χ3v) is 10.0. The second-order valence-electron chi connectivity index (χ2n) is 11.7. The number of sulfone groups is 1. The number of nitrogen functional groups attached to an aromatic ring is 1. The van der Waals surface area contributed by atoms with Gasteiger partial charge in [-0.05, 0) is 87.0 Å². The minimum Gasteiger partial charge on any atom is -0.490 e. The number of carbonyl (C=O) groups excluding carboxylic acids is 2. The summed E-state index contributed by atoms with van der Waals surface area (Å²) >= 11 is 0. The number of hydrogen-bond donors (Lipinski definition) is 3. The Labute approximate surface area is 285 Å². The number of alkyl halides is 3. The number of anilines is 2. The van der Waals surface area contributed by atoms with Crippen molar-refractivity contribution in [1.82, 2.24) is 10.3 Å². The Balaban J connectivity index is 1.68. The van der Waals surface area contributed by atoms with Gasteiger partial charge in [0.25, 0.3) is 11.6 Å². The third-order valence-electron chi connectivity index (χ3n) is 7.66. The molecule has 4 aromatic rings. The van der Waals surface area contributed by atoms with E-state index >= 15 is 4.39 Å². The molecule has 1 saturated carbocycles. The van der Waals surface area contributed by atoms with Crippen molar-refractivity contribution >= 4 is 44.0 Å². The van der Waals surface area contributed by atoms with Crippen LogP contribution in [-0.4, -0.2) is 49.4 Å². The number of rotatable bonds is 13. The molecule has 1 aliphatic rings. The van der Waals surface area contributed by atoms with Crippen molar-refractivity contribution in [3.63, 3.8) is 0 Å². The maximum atomic E-state index is 15.4. The summed E-state index contributed by atoms with van der Waals surface area (Å²) in [7, 11) is -3.76. The van der Waals surface area contributed by atoms with Crippen molar-refractivity contribution in [2.24, 2.45) is 0 Å². The lowest BCUT2D eigenvalue weighted by atomic mass is 9.99. The lowest BCUT2D eigenvalue weighted by Gasteiger charge is -2.35. The molecule has 1 heterocycles. The number of fused-ring (bicyclic) bond motifs is 1. The van der Waals surface area contributed by atoms with Crippen LogP contribution in [0.2, 0.25) is 0 Å². The van der Waals surface area contributed by atoms with Gasteiger partial charge in [0, 0.05) is 24.0 Å². The Morgan fingerprint density at radius 2 is 1.76 bits per heavy atom. The molecule has 16 heteroatoms. The second kappa shape index (κ2) is 14.0.